The van der Waals surface area contributed by atoms with Crippen LogP contribution in [0.4, 0.5) is 0 Å². The molecule has 1 aliphatic heterocycles. The van der Waals surface area contributed by atoms with Gasteiger partial charge in [-0.2, -0.15) is 0 Å². The first-order valence-electron chi connectivity index (χ1n) is 6.84. The molecule has 1 spiro atoms. The number of hydrogen-bond acceptors (Lipinski definition) is 2. The zero-order valence-corrected chi connectivity index (χ0v) is 11.3. The smallest absolute Gasteiger partial charge is 0.169 e. The van der Waals surface area contributed by atoms with E-state index >= 15 is 0 Å². The van der Waals surface area contributed by atoms with Crippen LogP contribution in [-0.4, -0.2) is 19.0 Å². The van der Waals surface area contributed by atoms with Gasteiger partial charge in [-0.15, -0.1) is 0 Å². The van der Waals surface area contributed by atoms with Gasteiger partial charge in [-0.1, -0.05) is 26.0 Å². The SMILES string of the molecule is C=C(C)[C@@H]1CC[C@@]2(C)CC3(C[C@@]12C)OCCO3. The molecule has 0 N–H and O–H groups in total. The molecule has 2 saturated carbocycles. The summed E-state index contributed by atoms with van der Waals surface area (Å²) in [6, 6.07) is 0. The maximum absolute atomic E-state index is 5.94. The van der Waals surface area contributed by atoms with Crippen molar-refractivity contribution >= 4 is 0 Å². The Kier molecular flexibility index (Phi) is 2.32. The molecule has 3 fully saturated rings. The Hall–Kier alpha value is -0.340. The number of allylic oxidation sites excluding steroid dienone is 1. The van der Waals surface area contributed by atoms with Crippen LogP contribution in [0.15, 0.2) is 12.2 Å². The minimum Gasteiger partial charge on any atom is -0.347 e. The first-order chi connectivity index (χ1) is 7.91. The average molecular weight is 236 g/mol. The lowest BCUT2D eigenvalue weighted by Crippen LogP contribution is -2.33. The molecule has 0 unspecified atom stereocenters. The molecule has 96 valence electrons. The van der Waals surface area contributed by atoms with E-state index in [9.17, 15) is 0 Å². The minimum absolute atomic E-state index is 0.266. The normalized spacial score (nSPS) is 47.6. The summed E-state index contributed by atoms with van der Waals surface area (Å²) in [5, 5.41) is 0. The quantitative estimate of drug-likeness (QED) is 0.648. The Morgan fingerprint density at radius 3 is 2.41 bits per heavy atom. The van der Waals surface area contributed by atoms with Crippen LogP contribution in [-0.2, 0) is 9.47 Å². The van der Waals surface area contributed by atoms with Crippen molar-refractivity contribution in [2.45, 2.75) is 52.2 Å². The summed E-state index contributed by atoms with van der Waals surface area (Å²) in [5.74, 6) is 0.372. The van der Waals surface area contributed by atoms with Crippen LogP contribution in [0, 0.1) is 16.7 Å². The van der Waals surface area contributed by atoms with Gasteiger partial charge in [0.2, 0.25) is 0 Å². The van der Waals surface area contributed by atoms with E-state index in [2.05, 4.69) is 27.4 Å². The van der Waals surface area contributed by atoms with Crippen LogP contribution in [0.25, 0.3) is 0 Å². The molecule has 0 aromatic heterocycles. The second kappa shape index (κ2) is 3.36. The Labute approximate surface area is 104 Å². The van der Waals surface area contributed by atoms with E-state index < -0.39 is 0 Å². The molecule has 0 bridgehead atoms. The molecule has 3 atom stereocenters. The lowest BCUT2D eigenvalue weighted by atomic mass is 9.65. The highest BCUT2D eigenvalue weighted by Gasteiger charge is 2.66. The van der Waals surface area contributed by atoms with Crippen molar-refractivity contribution in [1.82, 2.24) is 0 Å². The van der Waals surface area contributed by atoms with E-state index in [1.165, 1.54) is 18.4 Å². The third-order valence-electron chi connectivity index (χ3n) is 5.84. The summed E-state index contributed by atoms with van der Waals surface area (Å²) in [6.45, 7) is 12.8. The van der Waals surface area contributed by atoms with Gasteiger partial charge in [-0.05, 0) is 36.5 Å². The topological polar surface area (TPSA) is 18.5 Å². The van der Waals surface area contributed by atoms with Crippen molar-refractivity contribution in [2.75, 3.05) is 13.2 Å². The van der Waals surface area contributed by atoms with Gasteiger partial charge in [-0.25, -0.2) is 0 Å². The number of fused-ring (bicyclic) bond motifs is 1. The van der Waals surface area contributed by atoms with E-state index in [0.29, 0.717) is 16.7 Å². The summed E-state index contributed by atoms with van der Waals surface area (Å²) in [4.78, 5) is 0. The molecule has 1 saturated heterocycles. The van der Waals surface area contributed by atoms with Gasteiger partial charge in [0, 0.05) is 12.8 Å². The predicted octanol–water partition coefficient (Wildman–Crippen LogP) is 3.52. The molecule has 2 heteroatoms. The average Bonchev–Trinajstić information content (AvgIpc) is 2.78. The molecule has 2 aliphatic carbocycles. The van der Waals surface area contributed by atoms with Crippen molar-refractivity contribution in [1.29, 1.82) is 0 Å². The van der Waals surface area contributed by atoms with E-state index in [-0.39, 0.29) is 5.79 Å². The molecule has 2 nitrogen and oxygen atoms in total. The van der Waals surface area contributed by atoms with Crippen LogP contribution in [0.3, 0.4) is 0 Å². The van der Waals surface area contributed by atoms with Gasteiger partial charge in [0.15, 0.2) is 5.79 Å². The molecular weight excluding hydrogens is 212 g/mol. The second-order valence-corrected chi connectivity index (χ2v) is 6.88. The number of rotatable bonds is 1. The summed E-state index contributed by atoms with van der Waals surface area (Å²) in [6.07, 6.45) is 4.70. The van der Waals surface area contributed by atoms with Crippen LogP contribution in [0.5, 0.6) is 0 Å². The van der Waals surface area contributed by atoms with Crippen LogP contribution in [0.1, 0.15) is 46.5 Å². The third-order valence-corrected chi connectivity index (χ3v) is 5.84. The van der Waals surface area contributed by atoms with Gasteiger partial charge >= 0.3 is 0 Å². The fourth-order valence-corrected chi connectivity index (χ4v) is 4.82. The monoisotopic (exact) mass is 236 g/mol. The highest BCUT2D eigenvalue weighted by Crippen LogP contribution is 2.70. The Bertz CT molecular complexity index is 356. The Morgan fingerprint density at radius 2 is 1.82 bits per heavy atom. The van der Waals surface area contributed by atoms with E-state index in [1.54, 1.807) is 0 Å². The molecule has 0 aromatic carbocycles. The maximum atomic E-state index is 5.94. The van der Waals surface area contributed by atoms with Crippen molar-refractivity contribution < 1.29 is 9.47 Å². The molecule has 0 aromatic rings. The second-order valence-electron chi connectivity index (χ2n) is 6.88. The van der Waals surface area contributed by atoms with E-state index in [4.69, 9.17) is 9.47 Å². The van der Waals surface area contributed by atoms with Gasteiger partial charge in [0.1, 0.15) is 0 Å². The summed E-state index contributed by atoms with van der Waals surface area (Å²) in [7, 11) is 0. The third kappa shape index (κ3) is 1.40. The van der Waals surface area contributed by atoms with Crippen LogP contribution >= 0.6 is 0 Å². The zero-order chi connectivity index (χ0) is 12.3. The molecule has 3 rings (SSSR count). The Balaban J connectivity index is 1.95. The molecular formula is C15H24O2. The molecule has 1 heterocycles. The predicted molar refractivity (Wildman–Crippen MR) is 67.6 cm³/mol. The minimum atomic E-state index is -0.266. The molecule has 3 aliphatic rings. The molecule has 0 amide bonds. The summed E-state index contributed by atoms with van der Waals surface area (Å²) in [5.41, 5.74) is 2.01. The van der Waals surface area contributed by atoms with E-state index in [1.807, 2.05) is 0 Å². The van der Waals surface area contributed by atoms with Crippen molar-refractivity contribution in [3.8, 4) is 0 Å². The lowest BCUT2D eigenvalue weighted by molar-refractivity contribution is -0.160. The van der Waals surface area contributed by atoms with Crippen molar-refractivity contribution in [3.05, 3.63) is 12.2 Å². The first-order valence-corrected chi connectivity index (χ1v) is 6.84. The first kappa shape index (κ1) is 11.7. The number of hydrogen-bond donors (Lipinski definition) is 0. The maximum Gasteiger partial charge on any atom is 0.169 e. The largest absolute Gasteiger partial charge is 0.347 e. The van der Waals surface area contributed by atoms with Gasteiger partial charge < -0.3 is 9.47 Å². The highest BCUT2D eigenvalue weighted by atomic mass is 16.7. The standard InChI is InChI=1S/C15H24O2/c1-11(2)12-5-6-13(3)9-15(10-14(12,13)4)16-7-8-17-15/h12H,1,5-10H2,2-4H3/t12-,13-,14-/m0/s1. The van der Waals surface area contributed by atoms with Crippen molar-refractivity contribution in [3.63, 3.8) is 0 Å². The van der Waals surface area contributed by atoms with Crippen LogP contribution < -0.4 is 0 Å². The fraction of sp³-hybridized carbons (Fsp3) is 0.867. The van der Waals surface area contributed by atoms with E-state index in [0.717, 1.165) is 26.1 Å². The van der Waals surface area contributed by atoms with Gasteiger partial charge in [0.05, 0.1) is 13.2 Å². The summed E-state index contributed by atoms with van der Waals surface area (Å²) >= 11 is 0. The van der Waals surface area contributed by atoms with Gasteiger partial charge in [-0.3, -0.25) is 0 Å². The summed E-state index contributed by atoms with van der Waals surface area (Å²) < 4.78 is 11.9. The zero-order valence-electron chi connectivity index (χ0n) is 11.3. The lowest BCUT2D eigenvalue weighted by Gasteiger charge is -2.38. The van der Waals surface area contributed by atoms with Crippen LogP contribution in [0.2, 0.25) is 0 Å². The Morgan fingerprint density at radius 1 is 1.18 bits per heavy atom. The van der Waals surface area contributed by atoms with Crippen molar-refractivity contribution in [2.24, 2.45) is 16.7 Å². The van der Waals surface area contributed by atoms with Gasteiger partial charge in [0.25, 0.3) is 0 Å². The number of ether oxygens (including phenoxy) is 2. The fourth-order valence-electron chi connectivity index (χ4n) is 4.82. The molecule has 0 radical (unpaired) electrons. The molecule has 17 heavy (non-hydrogen) atoms. The highest BCUT2D eigenvalue weighted by molar-refractivity contribution is 5.19.